The molecule has 0 aliphatic rings. The number of aromatic nitrogens is 3. The Morgan fingerprint density at radius 2 is 2.12 bits per heavy atom. The van der Waals surface area contributed by atoms with E-state index in [4.69, 9.17) is 4.42 Å². The second-order valence-corrected chi connectivity index (χ2v) is 5.46. The molecule has 0 unspecified atom stereocenters. The third-order valence-corrected chi connectivity index (χ3v) is 3.54. The molecule has 0 saturated carbocycles. The Bertz CT molecular complexity index is 809. The number of nitrogens with one attached hydrogen (secondary N) is 2. The van der Waals surface area contributed by atoms with E-state index < -0.39 is 0 Å². The number of urea groups is 1. The average molecular weight is 325 g/mol. The van der Waals surface area contributed by atoms with Crippen LogP contribution in [0.2, 0.25) is 0 Å². The Morgan fingerprint density at radius 3 is 2.83 bits per heavy atom. The molecule has 3 heterocycles. The Morgan fingerprint density at radius 1 is 1.25 bits per heavy atom. The molecule has 0 bridgehead atoms. The van der Waals surface area contributed by atoms with Gasteiger partial charge in [0.05, 0.1) is 17.9 Å². The van der Waals surface area contributed by atoms with Gasteiger partial charge in [-0.3, -0.25) is 10.3 Å². The van der Waals surface area contributed by atoms with Crippen LogP contribution in [0.5, 0.6) is 0 Å². The summed E-state index contributed by atoms with van der Waals surface area (Å²) in [5.74, 6) is 2.21. The van der Waals surface area contributed by atoms with Crippen LogP contribution in [0.1, 0.15) is 30.2 Å². The van der Waals surface area contributed by atoms with Gasteiger partial charge in [0, 0.05) is 12.3 Å². The van der Waals surface area contributed by atoms with Crippen LogP contribution in [-0.4, -0.2) is 20.8 Å². The molecule has 3 rings (SSSR count). The lowest BCUT2D eigenvalue weighted by molar-refractivity contribution is 0.249. The first kappa shape index (κ1) is 15.8. The molecule has 7 heteroatoms. The predicted molar refractivity (Wildman–Crippen MR) is 89.6 cm³/mol. The van der Waals surface area contributed by atoms with Gasteiger partial charge in [0.15, 0.2) is 0 Å². The number of hydrogen-bond acceptors (Lipinski definition) is 4. The van der Waals surface area contributed by atoms with Crippen LogP contribution in [0.25, 0.3) is 0 Å². The second kappa shape index (κ2) is 6.99. The van der Waals surface area contributed by atoms with Crippen molar-refractivity contribution in [2.75, 3.05) is 5.32 Å². The van der Waals surface area contributed by atoms with E-state index in [2.05, 4.69) is 20.7 Å². The predicted octanol–water partition coefficient (Wildman–Crippen LogP) is 3.11. The molecule has 0 aliphatic carbocycles. The monoisotopic (exact) mass is 325 g/mol. The first-order chi connectivity index (χ1) is 11.6. The highest BCUT2D eigenvalue weighted by Crippen LogP contribution is 2.13. The standard InChI is InChI=1S/C17H19N5O2/c1-12-6-7-14(24-12)11-22-16(8-10-19-22)21-17(23)20-13(2)15-5-3-4-9-18-15/h3-10,13H,11H2,1-2H3,(H2,20,21,23)/t13-/m0/s1. The molecule has 2 N–H and O–H groups in total. The van der Waals surface area contributed by atoms with E-state index >= 15 is 0 Å². The molecule has 0 saturated heterocycles. The van der Waals surface area contributed by atoms with Gasteiger partial charge < -0.3 is 9.73 Å². The molecule has 3 aromatic heterocycles. The highest BCUT2D eigenvalue weighted by atomic mass is 16.3. The number of carbonyl (C=O) groups is 1. The summed E-state index contributed by atoms with van der Waals surface area (Å²) in [4.78, 5) is 16.4. The van der Waals surface area contributed by atoms with Crippen molar-refractivity contribution in [3.8, 4) is 0 Å². The number of anilines is 1. The fraction of sp³-hybridized carbons (Fsp3) is 0.235. The van der Waals surface area contributed by atoms with E-state index in [0.29, 0.717) is 12.4 Å². The molecule has 24 heavy (non-hydrogen) atoms. The van der Waals surface area contributed by atoms with Crippen molar-refractivity contribution in [3.05, 3.63) is 66.0 Å². The molecule has 0 spiro atoms. The molecule has 1 atom stereocenters. The van der Waals surface area contributed by atoms with Crippen molar-refractivity contribution >= 4 is 11.8 Å². The second-order valence-electron chi connectivity index (χ2n) is 5.46. The van der Waals surface area contributed by atoms with E-state index in [1.807, 2.05) is 44.2 Å². The van der Waals surface area contributed by atoms with Gasteiger partial charge in [-0.1, -0.05) is 6.07 Å². The zero-order valence-electron chi connectivity index (χ0n) is 13.6. The number of hydrogen-bond donors (Lipinski definition) is 2. The largest absolute Gasteiger partial charge is 0.464 e. The first-order valence-electron chi connectivity index (χ1n) is 7.67. The average Bonchev–Trinajstić information content (AvgIpc) is 3.18. The maximum Gasteiger partial charge on any atom is 0.320 e. The molecule has 0 radical (unpaired) electrons. The van der Waals surface area contributed by atoms with Crippen LogP contribution in [-0.2, 0) is 6.54 Å². The molecule has 0 aliphatic heterocycles. The van der Waals surface area contributed by atoms with Crippen LogP contribution >= 0.6 is 0 Å². The summed E-state index contributed by atoms with van der Waals surface area (Å²) in [5, 5.41) is 9.86. The number of aryl methyl sites for hydroxylation is 1. The molecule has 0 aromatic carbocycles. The van der Waals surface area contributed by atoms with E-state index in [1.54, 1.807) is 23.1 Å². The van der Waals surface area contributed by atoms with Crippen LogP contribution in [0.4, 0.5) is 10.6 Å². The molecule has 0 fully saturated rings. The van der Waals surface area contributed by atoms with E-state index in [9.17, 15) is 4.79 Å². The molecule has 124 valence electrons. The minimum absolute atomic E-state index is 0.199. The normalized spacial score (nSPS) is 11.9. The fourth-order valence-electron chi connectivity index (χ4n) is 2.34. The highest BCUT2D eigenvalue weighted by molar-refractivity contribution is 5.88. The molecule has 3 aromatic rings. The lowest BCUT2D eigenvalue weighted by Gasteiger charge is -2.14. The number of carbonyl (C=O) groups excluding carboxylic acids is 1. The zero-order chi connectivity index (χ0) is 16.9. The van der Waals surface area contributed by atoms with Gasteiger partial charge in [-0.2, -0.15) is 5.10 Å². The van der Waals surface area contributed by atoms with Crippen molar-refractivity contribution in [2.45, 2.75) is 26.4 Å². The van der Waals surface area contributed by atoms with Crippen molar-refractivity contribution < 1.29 is 9.21 Å². The number of nitrogens with zero attached hydrogens (tertiary/aromatic N) is 3. The molecular formula is C17H19N5O2. The van der Waals surface area contributed by atoms with Crippen LogP contribution in [0, 0.1) is 6.92 Å². The summed E-state index contributed by atoms with van der Waals surface area (Å²) < 4.78 is 7.21. The van der Waals surface area contributed by atoms with Gasteiger partial charge in [0.2, 0.25) is 0 Å². The maximum absolute atomic E-state index is 12.2. The van der Waals surface area contributed by atoms with E-state index in [1.165, 1.54) is 0 Å². The first-order valence-corrected chi connectivity index (χ1v) is 7.67. The van der Waals surface area contributed by atoms with Crippen molar-refractivity contribution in [3.63, 3.8) is 0 Å². The topological polar surface area (TPSA) is 85.0 Å². The molecule has 2 amide bonds. The SMILES string of the molecule is Cc1ccc(Cn2nccc2NC(=O)N[C@@H](C)c2ccccn2)o1. The van der Waals surface area contributed by atoms with Gasteiger partial charge in [-0.05, 0) is 38.1 Å². The third kappa shape index (κ3) is 3.81. The fourth-order valence-corrected chi connectivity index (χ4v) is 2.34. The van der Waals surface area contributed by atoms with Gasteiger partial charge >= 0.3 is 6.03 Å². The number of furan rings is 1. The van der Waals surface area contributed by atoms with Gasteiger partial charge in [0.1, 0.15) is 23.9 Å². The van der Waals surface area contributed by atoms with Crippen LogP contribution in [0.3, 0.4) is 0 Å². The summed E-state index contributed by atoms with van der Waals surface area (Å²) in [6, 6.07) is 10.6. The number of rotatable bonds is 5. The maximum atomic E-state index is 12.2. The van der Waals surface area contributed by atoms with E-state index in [-0.39, 0.29) is 12.1 Å². The summed E-state index contributed by atoms with van der Waals surface area (Å²) >= 11 is 0. The Kier molecular flexibility index (Phi) is 4.60. The van der Waals surface area contributed by atoms with Crippen molar-refractivity contribution in [1.82, 2.24) is 20.1 Å². The Hall–Kier alpha value is -3.09. The Balaban J connectivity index is 1.62. The lowest BCUT2D eigenvalue weighted by atomic mass is 10.2. The highest BCUT2D eigenvalue weighted by Gasteiger charge is 2.13. The summed E-state index contributed by atoms with van der Waals surface area (Å²) in [6.45, 7) is 4.22. The molecular weight excluding hydrogens is 306 g/mol. The van der Waals surface area contributed by atoms with Gasteiger partial charge in [-0.15, -0.1) is 0 Å². The minimum Gasteiger partial charge on any atom is -0.464 e. The van der Waals surface area contributed by atoms with Gasteiger partial charge in [-0.25, -0.2) is 9.48 Å². The third-order valence-electron chi connectivity index (χ3n) is 3.54. The van der Waals surface area contributed by atoms with Gasteiger partial charge in [0.25, 0.3) is 0 Å². The van der Waals surface area contributed by atoms with Crippen molar-refractivity contribution in [1.29, 1.82) is 0 Å². The van der Waals surface area contributed by atoms with Crippen LogP contribution in [0.15, 0.2) is 53.2 Å². The lowest BCUT2D eigenvalue weighted by Crippen LogP contribution is -2.32. The van der Waals surface area contributed by atoms with E-state index in [0.717, 1.165) is 17.2 Å². The summed E-state index contributed by atoms with van der Waals surface area (Å²) in [6.07, 6.45) is 3.33. The number of pyridine rings is 1. The number of amides is 2. The minimum atomic E-state index is -0.314. The molecule has 7 nitrogen and oxygen atoms in total. The Labute approximate surface area is 139 Å². The van der Waals surface area contributed by atoms with Crippen molar-refractivity contribution in [2.24, 2.45) is 0 Å². The quantitative estimate of drug-likeness (QED) is 0.755. The zero-order valence-corrected chi connectivity index (χ0v) is 13.6. The van der Waals surface area contributed by atoms with Crippen LogP contribution < -0.4 is 10.6 Å². The summed E-state index contributed by atoms with van der Waals surface area (Å²) in [5.41, 5.74) is 0.798. The summed E-state index contributed by atoms with van der Waals surface area (Å²) in [7, 11) is 0. The smallest absolute Gasteiger partial charge is 0.320 e.